The minimum atomic E-state index is -0.206. The molecule has 0 amide bonds. The molecule has 0 spiro atoms. The fourth-order valence-electron chi connectivity index (χ4n) is 1.86. The van der Waals surface area contributed by atoms with E-state index in [0.717, 1.165) is 21.7 Å². The van der Waals surface area contributed by atoms with Gasteiger partial charge in [-0.15, -0.1) is 11.3 Å². The first kappa shape index (κ1) is 13.0. The van der Waals surface area contributed by atoms with Gasteiger partial charge in [-0.1, -0.05) is 19.1 Å². The summed E-state index contributed by atoms with van der Waals surface area (Å²) in [5, 5.41) is 0. The van der Waals surface area contributed by atoms with Crippen molar-refractivity contribution in [2.45, 2.75) is 26.7 Å². The van der Waals surface area contributed by atoms with Crippen LogP contribution in [0.25, 0.3) is 10.4 Å². The van der Waals surface area contributed by atoms with Gasteiger partial charge in [-0.3, -0.25) is 4.79 Å². The van der Waals surface area contributed by atoms with Gasteiger partial charge in [0.25, 0.3) is 0 Å². The molecule has 0 N–H and O–H groups in total. The van der Waals surface area contributed by atoms with Gasteiger partial charge in [0, 0.05) is 11.3 Å². The minimum absolute atomic E-state index is 0.169. The van der Waals surface area contributed by atoms with E-state index in [1.165, 1.54) is 17.4 Å². The molecule has 1 aromatic carbocycles. The zero-order valence-corrected chi connectivity index (χ0v) is 11.3. The van der Waals surface area contributed by atoms with Crippen LogP contribution in [0.15, 0.2) is 30.3 Å². The Morgan fingerprint density at radius 3 is 2.78 bits per heavy atom. The van der Waals surface area contributed by atoms with E-state index < -0.39 is 0 Å². The highest BCUT2D eigenvalue weighted by molar-refractivity contribution is 7.17. The number of rotatable bonds is 4. The summed E-state index contributed by atoms with van der Waals surface area (Å²) < 4.78 is 13.5. The van der Waals surface area contributed by atoms with Gasteiger partial charge in [0.2, 0.25) is 0 Å². The number of halogens is 1. The molecule has 0 aliphatic heterocycles. The Kier molecular flexibility index (Phi) is 3.92. The fraction of sp³-hybridized carbons (Fsp3) is 0.267. The second-order valence-corrected chi connectivity index (χ2v) is 5.33. The Hall–Kier alpha value is -1.48. The number of carbonyl (C=O) groups is 1. The van der Waals surface area contributed by atoms with Crippen LogP contribution in [0.3, 0.4) is 0 Å². The normalized spacial score (nSPS) is 10.6. The number of carbonyl (C=O) groups excluding carboxylic acids is 1. The number of thiophene rings is 1. The highest BCUT2D eigenvalue weighted by Crippen LogP contribution is 2.32. The third kappa shape index (κ3) is 2.51. The first-order valence-corrected chi connectivity index (χ1v) is 6.83. The van der Waals surface area contributed by atoms with E-state index in [1.54, 1.807) is 13.0 Å². The molecule has 1 heterocycles. The third-order valence-corrected chi connectivity index (χ3v) is 4.05. The maximum Gasteiger partial charge on any atom is 0.172 e. The van der Waals surface area contributed by atoms with E-state index in [-0.39, 0.29) is 11.6 Å². The quantitative estimate of drug-likeness (QED) is 0.720. The van der Waals surface area contributed by atoms with Crippen molar-refractivity contribution in [1.29, 1.82) is 0 Å². The van der Waals surface area contributed by atoms with E-state index in [1.807, 2.05) is 25.1 Å². The Bertz CT molecular complexity index is 572. The number of benzene rings is 1. The lowest BCUT2D eigenvalue weighted by molar-refractivity contribution is 0.0985. The number of hydrogen-bond acceptors (Lipinski definition) is 2. The fourth-order valence-corrected chi connectivity index (χ4v) is 2.91. The number of ketones is 1. The van der Waals surface area contributed by atoms with E-state index in [0.29, 0.717) is 12.0 Å². The molecule has 18 heavy (non-hydrogen) atoms. The second-order valence-electron chi connectivity index (χ2n) is 4.25. The van der Waals surface area contributed by atoms with Crippen molar-refractivity contribution in [3.63, 3.8) is 0 Å². The van der Waals surface area contributed by atoms with Gasteiger partial charge in [-0.2, -0.15) is 0 Å². The van der Waals surface area contributed by atoms with Crippen LogP contribution in [0.1, 0.15) is 35.0 Å². The maximum absolute atomic E-state index is 13.5. The van der Waals surface area contributed by atoms with Gasteiger partial charge in [-0.05, 0) is 42.7 Å². The molecule has 1 nitrogen and oxygen atoms in total. The molecule has 0 saturated heterocycles. The second kappa shape index (κ2) is 5.44. The SMILES string of the molecule is CCCC(=O)c1ccc(-c2cccc(F)c2C)s1. The Labute approximate surface area is 110 Å². The largest absolute Gasteiger partial charge is 0.293 e. The molecule has 0 bridgehead atoms. The topological polar surface area (TPSA) is 17.1 Å². The van der Waals surface area contributed by atoms with Crippen molar-refractivity contribution in [1.82, 2.24) is 0 Å². The van der Waals surface area contributed by atoms with Crippen LogP contribution in [0.4, 0.5) is 4.39 Å². The molecule has 0 radical (unpaired) electrons. The minimum Gasteiger partial charge on any atom is -0.293 e. The lowest BCUT2D eigenvalue weighted by atomic mass is 10.1. The van der Waals surface area contributed by atoms with E-state index in [9.17, 15) is 9.18 Å². The van der Waals surface area contributed by atoms with Gasteiger partial charge in [-0.25, -0.2) is 4.39 Å². The van der Waals surface area contributed by atoms with Crippen molar-refractivity contribution in [3.8, 4) is 10.4 Å². The monoisotopic (exact) mass is 262 g/mol. The highest BCUT2D eigenvalue weighted by atomic mass is 32.1. The smallest absolute Gasteiger partial charge is 0.172 e. The molecule has 0 fully saturated rings. The Morgan fingerprint density at radius 2 is 2.06 bits per heavy atom. The van der Waals surface area contributed by atoms with Crippen LogP contribution in [-0.2, 0) is 0 Å². The first-order chi connectivity index (χ1) is 8.63. The summed E-state index contributed by atoms with van der Waals surface area (Å²) >= 11 is 1.44. The summed E-state index contributed by atoms with van der Waals surface area (Å²) in [6.07, 6.45) is 1.42. The van der Waals surface area contributed by atoms with Crippen molar-refractivity contribution < 1.29 is 9.18 Å². The molecule has 0 aliphatic carbocycles. The van der Waals surface area contributed by atoms with E-state index in [4.69, 9.17) is 0 Å². The summed E-state index contributed by atoms with van der Waals surface area (Å²) in [5.74, 6) is -0.0369. The van der Waals surface area contributed by atoms with Crippen LogP contribution in [0, 0.1) is 12.7 Å². The van der Waals surface area contributed by atoms with Crippen LogP contribution in [0.5, 0.6) is 0 Å². The maximum atomic E-state index is 13.5. The van der Waals surface area contributed by atoms with Crippen LogP contribution >= 0.6 is 11.3 Å². The van der Waals surface area contributed by atoms with Crippen molar-refractivity contribution in [3.05, 3.63) is 46.6 Å². The Morgan fingerprint density at radius 1 is 1.28 bits per heavy atom. The molecule has 94 valence electrons. The number of Topliss-reactive ketones (excluding diaryl/α,β-unsaturated/α-hetero) is 1. The summed E-state index contributed by atoms with van der Waals surface area (Å²) in [7, 11) is 0. The third-order valence-electron chi connectivity index (χ3n) is 2.89. The molecule has 0 unspecified atom stereocenters. The molecular weight excluding hydrogens is 247 g/mol. The van der Waals surface area contributed by atoms with Gasteiger partial charge in [0.15, 0.2) is 5.78 Å². The predicted molar refractivity (Wildman–Crippen MR) is 73.7 cm³/mol. The zero-order chi connectivity index (χ0) is 13.1. The van der Waals surface area contributed by atoms with Crippen LogP contribution in [0.2, 0.25) is 0 Å². The van der Waals surface area contributed by atoms with Crippen molar-refractivity contribution >= 4 is 17.1 Å². The molecule has 0 saturated carbocycles. The molecule has 3 heteroatoms. The van der Waals surface area contributed by atoms with E-state index >= 15 is 0 Å². The van der Waals surface area contributed by atoms with Crippen molar-refractivity contribution in [2.75, 3.05) is 0 Å². The highest BCUT2D eigenvalue weighted by Gasteiger charge is 2.12. The molecule has 2 rings (SSSR count). The average molecular weight is 262 g/mol. The summed E-state index contributed by atoms with van der Waals surface area (Å²) in [4.78, 5) is 13.5. The molecular formula is C15H15FOS. The van der Waals surface area contributed by atoms with Gasteiger partial charge < -0.3 is 0 Å². The first-order valence-electron chi connectivity index (χ1n) is 6.02. The zero-order valence-electron chi connectivity index (χ0n) is 10.5. The van der Waals surface area contributed by atoms with E-state index in [2.05, 4.69) is 0 Å². The lowest BCUT2D eigenvalue weighted by Crippen LogP contribution is -1.93. The lowest BCUT2D eigenvalue weighted by Gasteiger charge is -2.03. The average Bonchev–Trinajstić information content (AvgIpc) is 2.82. The summed E-state index contributed by atoms with van der Waals surface area (Å²) in [6.45, 7) is 3.75. The van der Waals surface area contributed by atoms with Gasteiger partial charge in [0.1, 0.15) is 5.82 Å². The van der Waals surface area contributed by atoms with Crippen LogP contribution in [-0.4, -0.2) is 5.78 Å². The van der Waals surface area contributed by atoms with Gasteiger partial charge >= 0.3 is 0 Å². The predicted octanol–water partition coefficient (Wildman–Crippen LogP) is 4.85. The van der Waals surface area contributed by atoms with Gasteiger partial charge in [0.05, 0.1) is 4.88 Å². The summed E-state index contributed by atoms with van der Waals surface area (Å²) in [5.41, 5.74) is 1.50. The molecule has 2 aromatic rings. The molecule has 1 aromatic heterocycles. The van der Waals surface area contributed by atoms with Crippen LogP contribution < -0.4 is 0 Å². The standard InChI is InChI=1S/C15H15FOS/c1-3-5-13(17)15-9-8-14(18-15)11-6-4-7-12(16)10(11)2/h4,6-9H,3,5H2,1-2H3. The molecule has 0 atom stereocenters. The Balaban J connectivity index is 2.35. The van der Waals surface area contributed by atoms with Crippen molar-refractivity contribution in [2.24, 2.45) is 0 Å². The summed E-state index contributed by atoms with van der Waals surface area (Å²) in [6, 6.07) is 8.77. The molecule has 0 aliphatic rings. The number of hydrogen-bond donors (Lipinski definition) is 0.